The smallest absolute Gasteiger partial charge is 0.408 e. The molecule has 2 heterocycles. The number of carbonyl (C=O) groups is 1. The fourth-order valence-corrected chi connectivity index (χ4v) is 1.99. The quantitative estimate of drug-likeness (QED) is 0.746. The van der Waals surface area contributed by atoms with E-state index in [0.717, 1.165) is 16.9 Å². The lowest BCUT2D eigenvalue weighted by molar-refractivity contribution is 0.211. The van der Waals surface area contributed by atoms with E-state index in [4.69, 9.17) is 10.5 Å². The van der Waals surface area contributed by atoms with Crippen LogP contribution < -0.4 is 10.5 Å². The van der Waals surface area contributed by atoms with Crippen molar-refractivity contribution in [2.24, 2.45) is 5.73 Å². The number of aryl methyl sites for hydroxylation is 1. The third-order valence-corrected chi connectivity index (χ3v) is 2.82. The Hall–Kier alpha value is -2.89. The Bertz CT molecular complexity index is 795. The molecule has 3 rings (SSSR count). The van der Waals surface area contributed by atoms with Gasteiger partial charge in [0, 0.05) is 5.69 Å². The van der Waals surface area contributed by atoms with E-state index in [-0.39, 0.29) is 0 Å². The molecule has 1 aromatic carbocycles. The van der Waals surface area contributed by atoms with Gasteiger partial charge < -0.3 is 15.5 Å². The Labute approximate surface area is 114 Å². The summed E-state index contributed by atoms with van der Waals surface area (Å²) in [6.07, 6.45) is -0.865. The van der Waals surface area contributed by atoms with Crippen LogP contribution in [-0.2, 0) is 0 Å². The average Bonchev–Trinajstić information content (AvgIpc) is 2.83. The molecule has 6 nitrogen and oxygen atoms in total. The second-order valence-electron chi connectivity index (χ2n) is 4.32. The molecule has 0 unspecified atom stereocenters. The number of rotatable bonds is 2. The second kappa shape index (κ2) is 4.65. The molecule has 0 bridgehead atoms. The summed E-state index contributed by atoms with van der Waals surface area (Å²) in [5, 5.41) is 0. The van der Waals surface area contributed by atoms with Crippen molar-refractivity contribution in [3.63, 3.8) is 0 Å². The first kappa shape index (κ1) is 12.2. The van der Waals surface area contributed by atoms with E-state index in [0.29, 0.717) is 17.1 Å². The van der Waals surface area contributed by atoms with Gasteiger partial charge in [0.05, 0.1) is 5.52 Å². The first-order valence-corrected chi connectivity index (χ1v) is 6.03. The topological polar surface area (TPSA) is 93.9 Å². The molecule has 3 N–H and O–H groups in total. The molecule has 1 amide bonds. The third kappa shape index (κ3) is 2.18. The van der Waals surface area contributed by atoms with Gasteiger partial charge in [-0.25, -0.2) is 14.8 Å². The molecule has 0 aliphatic carbocycles. The van der Waals surface area contributed by atoms with E-state index in [1.165, 1.54) is 0 Å². The summed E-state index contributed by atoms with van der Waals surface area (Å²) in [7, 11) is 0. The Morgan fingerprint density at radius 3 is 2.75 bits per heavy atom. The van der Waals surface area contributed by atoms with Crippen LogP contribution in [0.5, 0.6) is 5.75 Å². The maximum absolute atomic E-state index is 10.9. The molecule has 0 saturated heterocycles. The minimum Gasteiger partial charge on any atom is -0.408 e. The summed E-state index contributed by atoms with van der Waals surface area (Å²) in [6, 6.07) is 10.9. The summed E-state index contributed by atoms with van der Waals surface area (Å²) >= 11 is 0. The number of para-hydroxylation sites is 1. The van der Waals surface area contributed by atoms with Crippen molar-refractivity contribution in [1.82, 2.24) is 15.0 Å². The largest absolute Gasteiger partial charge is 0.410 e. The lowest BCUT2D eigenvalue weighted by atomic mass is 10.3. The summed E-state index contributed by atoms with van der Waals surface area (Å²) < 4.78 is 4.94. The predicted octanol–water partition coefficient (Wildman–Crippen LogP) is 2.39. The van der Waals surface area contributed by atoms with Crippen LogP contribution in [-0.4, -0.2) is 21.0 Å². The first-order chi connectivity index (χ1) is 9.63. The number of amides is 1. The Kier molecular flexibility index (Phi) is 2.83. The van der Waals surface area contributed by atoms with E-state index in [9.17, 15) is 4.79 Å². The lowest BCUT2D eigenvalue weighted by Crippen LogP contribution is -2.16. The number of aromatic nitrogens is 3. The molecule has 3 aromatic rings. The maximum atomic E-state index is 10.9. The zero-order valence-corrected chi connectivity index (χ0v) is 10.8. The van der Waals surface area contributed by atoms with Crippen molar-refractivity contribution in [3.05, 3.63) is 42.1 Å². The van der Waals surface area contributed by atoms with Crippen molar-refractivity contribution < 1.29 is 9.53 Å². The van der Waals surface area contributed by atoms with Crippen molar-refractivity contribution in [2.75, 3.05) is 0 Å². The summed E-state index contributed by atoms with van der Waals surface area (Å²) in [5.74, 6) is 0.939. The van der Waals surface area contributed by atoms with Gasteiger partial charge in [0.2, 0.25) is 0 Å². The molecule has 0 fully saturated rings. The van der Waals surface area contributed by atoms with Crippen LogP contribution in [0.3, 0.4) is 0 Å². The summed E-state index contributed by atoms with van der Waals surface area (Å²) in [5.41, 5.74) is 7.97. The van der Waals surface area contributed by atoms with Gasteiger partial charge in [-0.3, -0.25) is 0 Å². The van der Waals surface area contributed by atoms with Crippen LogP contribution in [0.15, 0.2) is 36.4 Å². The van der Waals surface area contributed by atoms with Gasteiger partial charge >= 0.3 is 6.09 Å². The van der Waals surface area contributed by atoms with E-state index >= 15 is 0 Å². The van der Waals surface area contributed by atoms with E-state index in [2.05, 4.69) is 15.0 Å². The van der Waals surface area contributed by atoms with Crippen LogP contribution in [0.2, 0.25) is 0 Å². The van der Waals surface area contributed by atoms with Crippen LogP contribution in [0.4, 0.5) is 4.79 Å². The standard InChI is InChI=1S/C14H12N4O2/c1-8-4-2-6-10(16-8)13-17-9-5-3-7-11(12(9)18-13)20-14(15)19/h2-7H,1H3,(H2,15,19)(H,17,18). The Morgan fingerprint density at radius 1 is 1.20 bits per heavy atom. The van der Waals surface area contributed by atoms with Crippen LogP contribution >= 0.6 is 0 Å². The zero-order valence-electron chi connectivity index (χ0n) is 10.8. The maximum Gasteiger partial charge on any atom is 0.410 e. The molecular formula is C14H12N4O2. The second-order valence-corrected chi connectivity index (χ2v) is 4.32. The minimum atomic E-state index is -0.865. The Balaban J connectivity index is 2.13. The number of hydrogen-bond donors (Lipinski definition) is 2. The molecule has 2 aromatic heterocycles. The van der Waals surface area contributed by atoms with Gasteiger partial charge in [0.1, 0.15) is 11.2 Å². The van der Waals surface area contributed by atoms with Gasteiger partial charge in [0.25, 0.3) is 0 Å². The van der Waals surface area contributed by atoms with Crippen molar-refractivity contribution in [3.8, 4) is 17.3 Å². The molecule has 100 valence electrons. The molecule has 6 heteroatoms. The molecule has 20 heavy (non-hydrogen) atoms. The molecule has 0 atom stereocenters. The van der Waals surface area contributed by atoms with Crippen molar-refractivity contribution in [2.45, 2.75) is 6.92 Å². The van der Waals surface area contributed by atoms with E-state index in [1.807, 2.05) is 31.2 Å². The number of aromatic amines is 1. The first-order valence-electron chi connectivity index (χ1n) is 6.03. The van der Waals surface area contributed by atoms with Crippen molar-refractivity contribution in [1.29, 1.82) is 0 Å². The van der Waals surface area contributed by atoms with Crippen LogP contribution in [0.1, 0.15) is 5.69 Å². The normalized spacial score (nSPS) is 10.7. The number of nitrogens with two attached hydrogens (primary N) is 1. The number of hydrogen-bond acceptors (Lipinski definition) is 4. The highest BCUT2D eigenvalue weighted by Crippen LogP contribution is 2.26. The molecule has 0 spiro atoms. The number of carbonyl (C=O) groups excluding carboxylic acids is 1. The molecule has 0 saturated carbocycles. The number of ether oxygens (including phenoxy) is 1. The Morgan fingerprint density at radius 2 is 2.00 bits per heavy atom. The third-order valence-electron chi connectivity index (χ3n) is 2.82. The fraction of sp³-hybridized carbons (Fsp3) is 0.0714. The SMILES string of the molecule is Cc1cccc(-c2nc3c(OC(N)=O)cccc3[nH]2)n1. The number of nitrogens with zero attached hydrogens (tertiary/aromatic N) is 2. The number of nitrogens with one attached hydrogen (secondary N) is 1. The predicted molar refractivity (Wildman–Crippen MR) is 74.3 cm³/mol. The van der Waals surface area contributed by atoms with Crippen LogP contribution in [0.25, 0.3) is 22.6 Å². The van der Waals surface area contributed by atoms with Gasteiger partial charge in [-0.05, 0) is 31.2 Å². The number of benzene rings is 1. The average molecular weight is 268 g/mol. The molecular weight excluding hydrogens is 256 g/mol. The summed E-state index contributed by atoms with van der Waals surface area (Å²) in [6.45, 7) is 1.91. The molecule has 0 aliphatic rings. The zero-order chi connectivity index (χ0) is 14.1. The number of H-pyrrole nitrogens is 1. The molecule has 0 aliphatic heterocycles. The fourth-order valence-electron chi connectivity index (χ4n) is 1.99. The highest BCUT2D eigenvalue weighted by molar-refractivity contribution is 5.86. The number of fused-ring (bicyclic) bond motifs is 1. The molecule has 0 radical (unpaired) electrons. The van der Waals surface area contributed by atoms with Crippen LogP contribution in [0, 0.1) is 6.92 Å². The summed E-state index contributed by atoms with van der Waals surface area (Å²) in [4.78, 5) is 22.9. The van der Waals surface area contributed by atoms with Gasteiger partial charge in [-0.15, -0.1) is 0 Å². The van der Waals surface area contributed by atoms with E-state index in [1.54, 1.807) is 12.1 Å². The van der Waals surface area contributed by atoms with Gasteiger partial charge in [-0.1, -0.05) is 12.1 Å². The highest BCUT2D eigenvalue weighted by Gasteiger charge is 2.12. The van der Waals surface area contributed by atoms with Crippen molar-refractivity contribution >= 4 is 17.1 Å². The monoisotopic (exact) mass is 268 g/mol. The highest BCUT2D eigenvalue weighted by atomic mass is 16.5. The van der Waals surface area contributed by atoms with E-state index < -0.39 is 6.09 Å². The van der Waals surface area contributed by atoms with Gasteiger partial charge in [-0.2, -0.15) is 0 Å². The number of pyridine rings is 1. The minimum absolute atomic E-state index is 0.324. The number of primary amides is 1. The lowest BCUT2D eigenvalue weighted by Gasteiger charge is -1.99. The van der Waals surface area contributed by atoms with Gasteiger partial charge in [0.15, 0.2) is 11.6 Å². The number of imidazole rings is 1.